The van der Waals surface area contributed by atoms with Gasteiger partial charge in [0.1, 0.15) is 5.75 Å². The van der Waals surface area contributed by atoms with Gasteiger partial charge in [-0.2, -0.15) is 5.10 Å². The number of carbonyl (C=O) groups is 1. The largest absolute Gasteiger partial charge is 0.497 e. The van der Waals surface area contributed by atoms with Crippen molar-refractivity contribution >= 4 is 17.9 Å². The van der Waals surface area contributed by atoms with Crippen LogP contribution in [0.15, 0.2) is 40.1 Å². The van der Waals surface area contributed by atoms with Crippen LogP contribution in [0.3, 0.4) is 0 Å². The summed E-state index contributed by atoms with van der Waals surface area (Å²) in [4.78, 5) is 11.9. The van der Waals surface area contributed by atoms with Crippen LogP contribution in [0.2, 0.25) is 0 Å². The van der Waals surface area contributed by atoms with Crippen molar-refractivity contribution in [3.8, 4) is 11.4 Å². The Morgan fingerprint density at radius 3 is 2.65 bits per heavy atom. The number of methoxy groups -OCH3 is 1. The van der Waals surface area contributed by atoms with E-state index in [-0.39, 0.29) is 11.5 Å². The topological polar surface area (TPSA) is 121 Å². The molecule has 0 atom stereocenters. The monoisotopic (exact) mass is 354 g/mol. The van der Waals surface area contributed by atoms with Crippen molar-refractivity contribution in [1.29, 1.82) is 0 Å². The zero-order valence-corrected chi connectivity index (χ0v) is 14.6. The number of ether oxygens (including phenoxy) is 1. The molecule has 0 bridgehead atoms. The highest BCUT2D eigenvalue weighted by molar-refractivity contribution is 5.96. The Hall–Kier alpha value is -3.62. The standard InChI is InChI=1S/C17H18N6O3/c1-10-8-12(9-19-20-17(24)15-16(18)22-26-21-15)11(2)23(10)13-4-6-14(25-3)7-5-13/h4-9H,1-3H3,(H2,18,22)(H,20,24)/b19-9+. The molecule has 1 aromatic carbocycles. The molecule has 9 heteroatoms. The van der Waals surface area contributed by atoms with Crippen molar-refractivity contribution < 1.29 is 14.2 Å². The van der Waals surface area contributed by atoms with Gasteiger partial charge in [0.25, 0.3) is 5.91 Å². The number of rotatable bonds is 5. The number of aromatic nitrogens is 3. The van der Waals surface area contributed by atoms with Crippen LogP contribution in [-0.4, -0.2) is 34.1 Å². The number of nitrogens with one attached hydrogen (secondary N) is 1. The Labute approximate surface area is 149 Å². The first-order chi connectivity index (χ1) is 12.5. The van der Waals surface area contributed by atoms with Crippen LogP contribution in [0.25, 0.3) is 5.69 Å². The molecule has 0 radical (unpaired) electrons. The zero-order chi connectivity index (χ0) is 18.7. The molecule has 0 aliphatic rings. The van der Waals surface area contributed by atoms with E-state index in [9.17, 15) is 4.79 Å². The minimum absolute atomic E-state index is 0.0876. The number of hydrogen-bond acceptors (Lipinski definition) is 7. The summed E-state index contributed by atoms with van der Waals surface area (Å²) in [7, 11) is 1.63. The molecule has 0 unspecified atom stereocenters. The summed E-state index contributed by atoms with van der Waals surface area (Å²) in [6.45, 7) is 3.97. The molecule has 26 heavy (non-hydrogen) atoms. The molecule has 0 aliphatic carbocycles. The molecule has 0 aliphatic heterocycles. The summed E-state index contributed by atoms with van der Waals surface area (Å²) >= 11 is 0. The lowest BCUT2D eigenvalue weighted by Gasteiger charge is -2.10. The number of hydrogen-bond donors (Lipinski definition) is 2. The summed E-state index contributed by atoms with van der Waals surface area (Å²) in [5.74, 6) is 0.113. The van der Waals surface area contributed by atoms with Gasteiger partial charge in [0.2, 0.25) is 11.5 Å². The van der Waals surface area contributed by atoms with Crippen molar-refractivity contribution in [2.75, 3.05) is 12.8 Å². The second-order valence-electron chi connectivity index (χ2n) is 5.56. The first-order valence-corrected chi connectivity index (χ1v) is 7.76. The van der Waals surface area contributed by atoms with Crippen LogP contribution < -0.4 is 15.9 Å². The SMILES string of the molecule is COc1ccc(-n2c(C)cc(/C=N/NC(=O)c3nonc3N)c2C)cc1. The van der Waals surface area contributed by atoms with Crippen molar-refractivity contribution in [2.24, 2.45) is 5.10 Å². The molecule has 2 aromatic heterocycles. The third kappa shape index (κ3) is 3.27. The number of nitrogens with zero attached hydrogens (tertiary/aromatic N) is 4. The van der Waals surface area contributed by atoms with E-state index in [4.69, 9.17) is 10.5 Å². The number of nitrogen functional groups attached to an aromatic ring is 1. The molecule has 3 rings (SSSR count). The van der Waals surface area contributed by atoms with Gasteiger partial charge in [0.15, 0.2) is 0 Å². The Kier molecular flexibility index (Phi) is 4.70. The van der Waals surface area contributed by atoms with Gasteiger partial charge < -0.3 is 15.0 Å². The first-order valence-electron chi connectivity index (χ1n) is 7.76. The number of amides is 1. The smallest absolute Gasteiger partial charge is 0.297 e. The van der Waals surface area contributed by atoms with Crippen molar-refractivity contribution in [1.82, 2.24) is 20.3 Å². The quantitative estimate of drug-likeness (QED) is 0.533. The van der Waals surface area contributed by atoms with Gasteiger partial charge in [0, 0.05) is 22.6 Å². The Morgan fingerprint density at radius 2 is 2.04 bits per heavy atom. The highest BCUT2D eigenvalue weighted by Crippen LogP contribution is 2.21. The second-order valence-corrected chi connectivity index (χ2v) is 5.56. The van der Waals surface area contributed by atoms with Gasteiger partial charge in [-0.05, 0) is 54.5 Å². The molecule has 3 aromatic rings. The first kappa shape index (κ1) is 17.2. The van der Waals surface area contributed by atoms with Crippen LogP contribution in [0.5, 0.6) is 5.75 Å². The van der Waals surface area contributed by atoms with E-state index < -0.39 is 5.91 Å². The minimum atomic E-state index is -0.594. The average molecular weight is 354 g/mol. The maximum Gasteiger partial charge on any atom is 0.297 e. The molecule has 0 saturated heterocycles. The molecule has 1 amide bonds. The number of hydrazone groups is 1. The van der Waals surface area contributed by atoms with Crippen LogP contribution in [0.4, 0.5) is 5.82 Å². The zero-order valence-electron chi connectivity index (χ0n) is 14.6. The van der Waals surface area contributed by atoms with Gasteiger partial charge in [0.05, 0.1) is 13.3 Å². The second kappa shape index (κ2) is 7.09. The molecule has 3 N–H and O–H groups in total. The summed E-state index contributed by atoms with van der Waals surface area (Å²) in [6.07, 6.45) is 1.56. The third-order valence-corrected chi connectivity index (χ3v) is 3.90. The van der Waals surface area contributed by atoms with E-state index in [1.165, 1.54) is 0 Å². The molecule has 0 fully saturated rings. The van der Waals surface area contributed by atoms with Gasteiger partial charge in [-0.3, -0.25) is 4.79 Å². The van der Waals surface area contributed by atoms with Gasteiger partial charge in [-0.15, -0.1) is 0 Å². The van der Waals surface area contributed by atoms with Crippen LogP contribution in [0, 0.1) is 13.8 Å². The molecule has 0 saturated carbocycles. The number of anilines is 1. The van der Waals surface area contributed by atoms with Gasteiger partial charge in [-0.25, -0.2) is 10.1 Å². The fourth-order valence-electron chi connectivity index (χ4n) is 2.61. The average Bonchev–Trinajstić information content (AvgIpc) is 3.18. The lowest BCUT2D eigenvalue weighted by molar-refractivity contribution is 0.0946. The predicted octanol–water partition coefficient (Wildman–Crippen LogP) is 1.83. The number of nitrogens with two attached hydrogens (primary N) is 1. The minimum Gasteiger partial charge on any atom is -0.497 e. The third-order valence-electron chi connectivity index (χ3n) is 3.90. The molecule has 0 spiro atoms. The number of aryl methyl sites for hydroxylation is 1. The summed E-state index contributed by atoms with van der Waals surface area (Å²) in [5.41, 5.74) is 11.6. The highest BCUT2D eigenvalue weighted by atomic mass is 16.6. The van der Waals surface area contributed by atoms with Crippen LogP contribution >= 0.6 is 0 Å². The maximum atomic E-state index is 11.9. The number of benzene rings is 1. The van der Waals surface area contributed by atoms with Crippen molar-refractivity contribution in [3.05, 3.63) is 53.0 Å². The summed E-state index contributed by atoms with van der Waals surface area (Å²) in [5, 5.41) is 10.7. The van der Waals surface area contributed by atoms with Gasteiger partial charge in [-0.1, -0.05) is 0 Å². The van der Waals surface area contributed by atoms with Crippen LogP contribution in [0.1, 0.15) is 27.4 Å². The summed E-state index contributed by atoms with van der Waals surface area (Å²) < 4.78 is 11.7. The Balaban J connectivity index is 1.79. The van der Waals surface area contributed by atoms with Crippen molar-refractivity contribution in [3.63, 3.8) is 0 Å². The van der Waals surface area contributed by atoms with E-state index in [0.717, 1.165) is 28.4 Å². The molecule has 9 nitrogen and oxygen atoms in total. The van der Waals surface area contributed by atoms with E-state index in [1.807, 2.05) is 44.2 Å². The predicted molar refractivity (Wildman–Crippen MR) is 95.6 cm³/mol. The Morgan fingerprint density at radius 1 is 1.31 bits per heavy atom. The van der Waals surface area contributed by atoms with Crippen LogP contribution in [-0.2, 0) is 0 Å². The molecule has 134 valence electrons. The molecular formula is C17H18N6O3. The van der Waals surface area contributed by atoms with E-state index in [2.05, 4.69) is 30.0 Å². The Bertz CT molecular complexity index is 956. The molecule has 2 heterocycles. The van der Waals surface area contributed by atoms with E-state index in [0.29, 0.717) is 0 Å². The van der Waals surface area contributed by atoms with Gasteiger partial charge >= 0.3 is 0 Å². The summed E-state index contributed by atoms with van der Waals surface area (Å²) in [6, 6.07) is 9.72. The normalized spacial score (nSPS) is 11.0. The van der Waals surface area contributed by atoms with E-state index in [1.54, 1.807) is 13.3 Å². The molecular weight excluding hydrogens is 336 g/mol. The number of carbonyl (C=O) groups excluding carboxylic acids is 1. The van der Waals surface area contributed by atoms with Crippen molar-refractivity contribution in [2.45, 2.75) is 13.8 Å². The highest BCUT2D eigenvalue weighted by Gasteiger charge is 2.15. The fraction of sp³-hybridized carbons (Fsp3) is 0.176. The lowest BCUT2D eigenvalue weighted by atomic mass is 10.2. The lowest BCUT2D eigenvalue weighted by Crippen LogP contribution is -2.19. The van der Waals surface area contributed by atoms with E-state index >= 15 is 0 Å². The maximum absolute atomic E-state index is 11.9. The fourth-order valence-corrected chi connectivity index (χ4v) is 2.61.